The number of carbonyl (C=O) groups excluding carboxylic acids is 4. The Hall–Kier alpha value is -2.82. The van der Waals surface area contributed by atoms with Crippen molar-refractivity contribution in [1.29, 1.82) is 0 Å². The van der Waals surface area contributed by atoms with Crippen LogP contribution in [0.1, 0.15) is 52.0 Å². The average Bonchev–Trinajstić information content (AvgIpc) is 2.95. The summed E-state index contributed by atoms with van der Waals surface area (Å²) in [6, 6.07) is 4.32. The third-order valence-electron chi connectivity index (χ3n) is 5.08. The second kappa shape index (κ2) is 9.59. The lowest BCUT2D eigenvalue weighted by atomic mass is 9.92. The number of Topliss-reactive ketones (excluding diaryl/α,β-unsaturated/α-hetero) is 2. The van der Waals surface area contributed by atoms with Gasteiger partial charge in [0.25, 0.3) is 11.8 Å². The van der Waals surface area contributed by atoms with Crippen molar-refractivity contribution in [3.05, 3.63) is 34.9 Å². The van der Waals surface area contributed by atoms with Crippen molar-refractivity contribution in [1.82, 2.24) is 4.90 Å². The standard InChI is InChI=1S/C22H23NO6/c1-2-10-28-12-13-29-11-4-6-15-5-3-7-17-20(15)22(27)23(21(17)26)18-9-8-16(24)14-19(18)25/h1,3,5,7,18H,4,6,8-14H2. The van der Waals surface area contributed by atoms with Gasteiger partial charge in [0, 0.05) is 13.0 Å². The van der Waals surface area contributed by atoms with E-state index in [1.54, 1.807) is 12.1 Å². The van der Waals surface area contributed by atoms with E-state index in [1.807, 2.05) is 6.07 Å². The van der Waals surface area contributed by atoms with Crippen molar-refractivity contribution in [2.75, 3.05) is 26.4 Å². The molecule has 0 bridgehead atoms. The first-order valence-corrected chi connectivity index (χ1v) is 9.67. The largest absolute Gasteiger partial charge is 0.379 e. The third-order valence-corrected chi connectivity index (χ3v) is 5.08. The molecule has 2 amide bonds. The summed E-state index contributed by atoms with van der Waals surface area (Å²) >= 11 is 0. The summed E-state index contributed by atoms with van der Waals surface area (Å²) in [5, 5.41) is 0. The van der Waals surface area contributed by atoms with Crippen LogP contribution in [-0.4, -0.2) is 60.8 Å². The predicted molar refractivity (Wildman–Crippen MR) is 103 cm³/mol. The molecule has 1 aliphatic carbocycles. The maximum absolute atomic E-state index is 13.0. The van der Waals surface area contributed by atoms with Crippen LogP contribution in [0.15, 0.2) is 18.2 Å². The summed E-state index contributed by atoms with van der Waals surface area (Å²) < 4.78 is 10.6. The van der Waals surface area contributed by atoms with Gasteiger partial charge in [-0.15, -0.1) is 6.42 Å². The summed E-state index contributed by atoms with van der Waals surface area (Å²) in [4.78, 5) is 50.6. The highest BCUT2D eigenvalue weighted by Crippen LogP contribution is 2.31. The highest BCUT2D eigenvalue weighted by molar-refractivity contribution is 6.24. The van der Waals surface area contributed by atoms with Crippen molar-refractivity contribution in [2.45, 2.75) is 38.1 Å². The number of carbonyl (C=O) groups is 4. The van der Waals surface area contributed by atoms with E-state index in [-0.39, 0.29) is 37.4 Å². The summed E-state index contributed by atoms with van der Waals surface area (Å²) in [6.45, 7) is 1.59. The highest BCUT2D eigenvalue weighted by atomic mass is 16.5. The van der Waals surface area contributed by atoms with E-state index in [0.29, 0.717) is 43.8 Å². The molecule has 1 atom stereocenters. The van der Waals surface area contributed by atoms with E-state index in [2.05, 4.69) is 5.92 Å². The smallest absolute Gasteiger partial charge is 0.262 e. The van der Waals surface area contributed by atoms with Crippen LogP contribution in [0.25, 0.3) is 0 Å². The van der Waals surface area contributed by atoms with Gasteiger partial charge in [-0.05, 0) is 30.9 Å². The number of amides is 2. The number of terminal acetylenes is 1. The van der Waals surface area contributed by atoms with Crippen LogP contribution in [-0.2, 0) is 25.5 Å². The maximum Gasteiger partial charge on any atom is 0.262 e. The molecule has 1 heterocycles. The quantitative estimate of drug-likeness (QED) is 0.272. The minimum absolute atomic E-state index is 0.145. The molecule has 1 unspecified atom stereocenters. The van der Waals surface area contributed by atoms with Gasteiger partial charge in [-0.25, -0.2) is 0 Å². The molecule has 0 aromatic heterocycles. The Kier molecular flexibility index (Phi) is 6.91. The van der Waals surface area contributed by atoms with Crippen molar-refractivity contribution in [3.63, 3.8) is 0 Å². The maximum atomic E-state index is 13.0. The first kappa shape index (κ1) is 20.9. The Bertz CT molecular complexity index is 869. The van der Waals surface area contributed by atoms with Crippen LogP contribution < -0.4 is 0 Å². The topological polar surface area (TPSA) is 90.0 Å². The molecule has 29 heavy (non-hydrogen) atoms. The zero-order valence-electron chi connectivity index (χ0n) is 16.1. The van der Waals surface area contributed by atoms with Gasteiger partial charge in [0.2, 0.25) is 0 Å². The van der Waals surface area contributed by atoms with Gasteiger partial charge in [0.1, 0.15) is 12.4 Å². The fraction of sp³-hybridized carbons (Fsp3) is 0.455. The number of ether oxygens (including phenoxy) is 2. The van der Waals surface area contributed by atoms with Gasteiger partial charge < -0.3 is 9.47 Å². The Morgan fingerprint density at radius 3 is 2.62 bits per heavy atom. The van der Waals surface area contributed by atoms with Crippen LogP contribution in [0.3, 0.4) is 0 Å². The van der Waals surface area contributed by atoms with E-state index in [9.17, 15) is 19.2 Å². The molecule has 1 saturated carbocycles. The average molecular weight is 397 g/mol. The van der Waals surface area contributed by atoms with Crippen LogP contribution in [0, 0.1) is 12.3 Å². The van der Waals surface area contributed by atoms with Crippen molar-refractivity contribution in [2.24, 2.45) is 0 Å². The molecule has 1 aliphatic heterocycles. The monoisotopic (exact) mass is 397 g/mol. The summed E-state index contributed by atoms with van der Waals surface area (Å²) in [5.74, 6) is 0.963. The Morgan fingerprint density at radius 1 is 1.07 bits per heavy atom. The van der Waals surface area contributed by atoms with Gasteiger partial charge in [0.15, 0.2) is 5.78 Å². The molecular formula is C22H23NO6. The van der Waals surface area contributed by atoms with E-state index in [4.69, 9.17) is 15.9 Å². The fourth-order valence-corrected chi connectivity index (χ4v) is 3.71. The second-order valence-corrected chi connectivity index (χ2v) is 7.03. The van der Waals surface area contributed by atoms with Crippen molar-refractivity contribution < 1.29 is 28.7 Å². The molecule has 0 N–H and O–H groups in total. The third kappa shape index (κ3) is 4.61. The summed E-state index contributed by atoms with van der Waals surface area (Å²) in [6.07, 6.45) is 6.52. The number of nitrogens with zero attached hydrogens (tertiary/aromatic N) is 1. The molecule has 2 aliphatic rings. The Labute approximate surface area is 169 Å². The SMILES string of the molecule is C#CCOCCOCCCc1cccc2c1C(=O)N(C1CCC(=O)CC1=O)C2=O. The zero-order valence-corrected chi connectivity index (χ0v) is 16.1. The zero-order chi connectivity index (χ0) is 20.8. The summed E-state index contributed by atoms with van der Waals surface area (Å²) in [7, 11) is 0. The molecule has 7 heteroatoms. The van der Waals surface area contributed by atoms with Gasteiger partial charge in [0.05, 0.1) is 36.8 Å². The minimum Gasteiger partial charge on any atom is -0.379 e. The van der Waals surface area contributed by atoms with Crippen molar-refractivity contribution in [3.8, 4) is 12.3 Å². The van der Waals surface area contributed by atoms with Crippen LogP contribution >= 0.6 is 0 Å². The number of fused-ring (bicyclic) bond motifs is 1. The number of hydrogen-bond acceptors (Lipinski definition) is 6. The van der Waals surface area contributed by atoms with Crippen LogP contribution in [0.4, 0.5) is 0 Å². The van der Waals surface area contributed by atoms with Crippen molar-refractivity contribution >= 4 is 23.4 Å². The van der Waals surface area contributed by atoms with Gasteiger partial charge in [-0.3, -0.25) is 24.1 Å². The van der Waals surface area contributed by atoms with E-state index in [0.717, 1.165) is 10.5 Å². The molecular weight excluding hydrogens is 374 g/mol. The molecule has 0 radical (unpaired) electrons. The lowest BCUT2D eigenvalue weighted by Gasteiger charge is -2.27. The molecule has 7 nitrogen and oxygen atoms in total. The van der Waals surface area contributed by atoms with Gasteiger partial charge in [-0.2, -0.15) is 0 Å². The van der Waals surface area contributed by atoms with E-state index in [1.165, 1.54) is 0 Å². The first-order valence-electron chi connectivity index (χ1n) is 9.67. The highest BCUT2D eigenvalue weighted by Gasteiger charge is 2.45. The number of imide groups is 1. The molecule has 1 aromatic rings. The lowest BCUT2D eigenvalue weighted by Crippen LogP contribution is -2.47. The fourth-order valence-electron chi connectivity index (χ4n) is 3.71. The van der Waals surface area contributed by atoms with Crippen LogP contribution in [0.5, 0.6) is 0 Å². The molecule has 0 spiro atoms. The van der Waals surface area contributed by atoms with Crippen LogP contribution in [0.2, 0.25) is 0 Å². The number of aryl methyl sites for hydroxylation is 1. The normalized spacial score (nSPS) is 18.9. The van der Waals surface area contributed by atoms with E-state index >= 15 is 0 Å². The molecule has 0 saturated heterocycles. The molecule has 152 valence electrons. The Morgan fingerprint density at radius 2 is 1.86 bits per heavy atom. The Balaban J connectivity index is 1.62. The van der Waals surface area contributed by atoms with Gasteiger partial charge >= 0.3 is 0 Å². The summed E-state index contributed by atoms with van der Waals surface area (Å²) in [5.41, 5.74) is 1.44. The molecule has 3 rings (SSSR count). The number of rotatable bonds is 9. The first-order chi connectivity index (χ1) is 14.0. The molecule has 1 fully saturated rings. The predicted octanol–water partition coefficient (Wildman–Crippen LogP) is 1.57. The number of benzene rings is 1. The number of ketones is 2. The second-order valence-electron chi connectivity index (χ2n) is 7.03. The lowest BCUT2D eigenvalue weighted by molar-refractivity contribution is -0.132. The van der Waals surface area contributed by atoms with E-state index < -0.39 is 17.9 Å². The number of hydrogen-bond donors (Lipinski definition) is 0. The molecule has 1 aromatic carbocycles. The minimum atomic E-state index is -0.848. The van der Waals surface area contributed by atoms with Gasteiger partial charge in [-0.1, -0.05) is 18.1 Å².